The number of hydrogen-bond acceptors (Lipinski definition) is 5. The third kappa shape index (κ3) is 4.30. The van der Waals surface area contributed by atoms with Crippen LogP contribution in [0.2, 0.25) is 0 Å². The van der Waals surface area contributed by atoms with Gasteiger partial charge in [0, 0.05) is 17.2 Å². The molecule has 0 bridgehead atoms. The molecule has 7 nitrogen and oxygen atoms in total. The molecule has 7 heteroatoms. The summed E-state index contributed by atoms with van der Waals surface area (Å²) in [5.74, 6) is -0.966. The van der Waals surface area contributed by atoms with E-state index in [1.165, 1.54) is 12.0 Å². The largest absolute Gasteiger partial charge is 0.872 e. The number of hydrogen-bond donors (Lipinski definition) is 0. The molecule has 1 N–H and O–H groups in total. The van der Waals surface area contributed by atoms with Crippen LogP contribution < -0.4 is 19.6 Å². The SMILES string of the molecule is CCOc1ccc(C2C(=C([O-])c3ccccc3)C(=O)C(=O)N2Cc2ccc[nH+]c2)cc1OC. The first-order chi connectivity index (χ1) is 16.0. The molecule has 33 heavy (non-hydrogen) atoms. The van der Waals surface area contributed by atoms with Gasteiger partial charge in [-0.15, -0.1) is 0 Å². The van der Waals surface area contributed by atoms with Gasteiger partial charge in [-0.3, -0.25) is 9.59 Å². The zero-order chi connectivity index (χ0) is 23.4. The molecule has 0 saturated carbocycles. The lowest BCUT2D eigenvalue weighted by Gasteiger charge is -2.27. The van der Waals surface area contributed by atoms with Crippen molar-refractivity contribution in [2.45, 2.75) is 19.5 Å². The third-order valence-electron chi connectivity index (χ3n) is 5.49. The summed E-state index contributed by atoms with van der Waals surface area (Å²) >= 11 is 0. The first-order valence-electron chi connectivity index (χ1n) is 10.6. The number of H-pyrrole nitrogens is 1. The molecule has 1 amide bonds. The number of amides is 1. The summed E-state index contributed by atoms with van der Waals surface area (Å²) in [5, 5.41) is 13.4. The number of benzene rings is 2. The Labute approximate surface area is 191 Å². The monoisotopic (exact) mass is 444 g/mol. The lowest BCUT2D eigenvalue weighted by Crippen LogP contribution is -2.29. The van der Waals surface area contributed by atoms with Crippen LogP contribution >= 0.6 is 0 Å². The van der Waals surface area contributed by atoms with E-state index < -0.39 is 23.5 Å². The number of carbonyl (C=O) groups is 2. The molecule has 3 aromatic rings. The van der Waals surface area contributed by atoms with Gasteiger partial charge in [0.05, 0.1) is 26.3 Å². The number of aromatic amines is 1. The maximum absolute atomic E-state index is 13.4. The quantitative estimate of drug-likeness (QED) is 0.317. The van der Waals surface area contributed by atoms with Crippen molar-refractivity contribution in [1.82, 2.24) is 4.90 Å². The van der Waals surface area contributed by atoms with Crippen molar-refractivity contribution < 1.29 is 29.2 Å². The molecule has 0 aliphatic carbocycles. The number of ketones is 1. The van der Waals surface area contributed by atoms with Crippen LogP contribution in [0.4, 0.5) is 0 Å². The van der Waals surface area contributed by atoms with Crippen LogP contribution in [0.25, 0.3) is 5.76 Å². The smallest absolute Gasteiger partial charge is 0.295 e. The number of ether oxygens (including phenoxy) is 2. The molecule has 1 fully saturated rings. The van der Waals surface area contributed by atoms with E-state index in [2.05, 4.69) is 4.98 Å². The fourth-order valence-electron chi connectivity index (χ4n) is 3.98. The maximum Gasteiger partial charge on any atom is 0.295 e. The molecule has 1 aliphatic rings. The summed E-state index contributed by atoms with van der Waals surface area (Å²) in [6.45, 7) is 2.48. The fraction of sp³-hybridized carbons (Fsp3) is 0.192. The van der Waals surface area contributed by atoms with Crippen molar-refractivity contribution in [2.75, 3.05) is 13.7 Å². The normalized spacial score (nSPS) is 17.3. The van der Waals surface area contributed by atoms with Gasteiger partial charge >= 0.3 is 0 Å². The van der Waals surface area contributed by atoms with Crippen molar-refractivity contribution in [3.05, 3.63) is 95.3 Å². The molecule has 4 rings (SSSR count). The zero-order valence-electron chi connectivity index (χ0n) is 18.4. The Morgan fingerprint density at radius 1 is 1.06 bits per heavy atom. The minimum atomic E-state index is -0.859. The van der Waals surface area contributed by atoms with Crippen LogP contribution in [0, 0.1) is 0 Å². The van der Waals surface area contributed by atoms with E-state index in [0.717, 1.165) is 5.56 Å². The number of carbonyl (C=O) groups excluding carboxylic acids is 2. The van der Waals surface area contributed by atoms with Crippen LogP contribution in [-0.4, -0.2) is 30.3 Å². The Balaban J connectivity index is 1.87. The molecule has 1 unspecified atom stereocenters. The van der Waals surface area contributed by atoms with Gasteiger partial charge in [-0.05, 0) is 36.2 Å². The van der Waals surface area contributed by atoms with E-state index in [1.54, 1.807) is 60.9 Å². The number of pyridine rings is 1. The van der Waals surface area contributed by atoms with Gasteiger partial charge < -0.3 is 19.5 Å². The van der Waals surface area contributed by atoms with Crippen LogP contribution in [0.15, 0.2) is 78.6 Å². The molecule has 0 spiro atoms. The Morgan fingerprint density at radius 2 is 1.85 bits per heavy atom. The van der Waals surface area contributed by atoms with Crippen molar-refractivity contribution in [3.8, 4) is 11.5 Å². The van der Waals surface area contributed by atoms with E-state index in [1.807, 2.05) is 19.1 Å². The van der Waals surface area contributed by atoms with Gasteiger partial charge in [-0.2, -0.15) is 0 Å². The average Bonchev–Trinajstić information content (AvgIpc) is 3.10. The highest BCUT2D eigenvalue weighted by molar-refractivity contribution is 6.46. The van der Waals surface area contributed by atoms with Gasteiger partial charge in [0.15, 0.2) is 23.9 Å². The van der Waals surface area contributed by atoms with Crippen LogP contribution in [0.1, 0.15) is 29.7 Å². The second kappa shape index (κ2) is 9.56. The molecular weight excluding hydrogens is 420 g/mol. The second-order valence-corrected chi connectivity index (χ2v) is 7.53. The van der Waals surface area contributed by atoms with Crippen molar-refractivity contribution in [3.63, 3.8) is 0 Å². The molecule has 0 radical (unpaired) electrons. The number of nitrogens with zero attached hydrogens (tertiary/aromatic N) is 1. The Bertz CT molecular complexity index is 1190. The lowest BCUT2D eigenvalue weighted by atomic mass is 9.95. The number of Topliss-reactive ketones (excluding diaryl/α,β-unsaturated/α-hetero) is 1. The van der Waals surface area contributed by atoms with Crippen molar-refractivity contribution in [2.24, 2.45) is 0 Å². The van der Waals surface area contributed by atoms with E-state index >= 15 is 0 Å². The van der Waals surface area contributed by atoms with Crippen LogP contribution in [0.3, 0.4) is 0 Å². The average molecular weight is 444 g/mol. The highest BCUT2D eigenvalue weighted by Crippen LogP contribution is 2.42. The Morgan fingerprint density at radius 3 is 2.52 bits per heavy atom. The minimum Gasteiger partial charge on any atom is -0.872 e. The molecule has 1 atom stereocenters. The molecule has 1 aliphatic heterocycles. The topological polar surface area (TPSA) is 93.0 Å². The Kier molecular flexibility index (Phi) is 6.40. The summed E-state index contributed by atoms with van der Waals surface area (Å²) in [4.78, 5) is 30.6. The van der Waals surface area contributed by atoms with Gasteiger partial charge in [0.25, 0.3) is 5.91 Å². The molecule has 2 heterocycles. The Hall–Kier alpha value is -4.13. The number of likely N-dealkylation sites (tertiary alicyclic amines) is 1. The molecule has 168 valence electrons. The minimum absolute atomic E-state index is 0.0719. The highest BCUT2D eigenvalue weighted by Gasteiger charge is 2.44. The summed E-state index contributed by atoms with van der Waals surface area (Å²) < 4.78 is 11.1. The maximum atomic E-state index is 13.4. The van der Waals surface area contributed by atoms with Gasteiger partial charge in [0.1, 0.15) is 0 Å². The van der Waals surface area contributed by atoms with Gasteiger partial charge in [-0.25, -0.2) is 4.98 Å². The standard InChI is InChI=1S/C26H24N2O5/c1-3-33-20-12-11-19(14-21(20)32-2)23-22(24(29)18-9-5-4-6-10-18)25(30)26(31)28(23)16-17-8-7-13-27-15-17/h4-15,23,29H,3,16H2,1-2H3. The number of aromatic nitrogens is 1. The summed E-state index contributed by atoms with van der Waals surface area (Å²) in [6, 6.07) is 16.5. The number of rotatable bonds is 7. The second-order valence-electron chi connectivity index (χ2n) is 7.53. The predicted molar refractivity (Wildman–Crippen MR) is 119 cm³/mol. The third-order valence-corrected chi connectivity index (χ3v) is 5.49. The number of methoxy groups -OCH3 is 1. The van der Waals surface area contributed by atoms with Crippen molar-refractivity contribution in [1.29, 1.82) is 0 Å². The summed E-state index contributed by atoms with van der Waals surface area (Å²) in [6.07, 6.45) is 3.51. The summed E-state index contributed by atoms with van der Waals surface area (Å²) in [5.41, 5.74) is 1.67. The molecular formula is C26H24N2O5. The van der Waals surface area contributed by atoms with E-state index in [0.29, 0.717) is 29.2 Å². The molecule has 1 saturated heterocycles. The first kappa shape index (κ1) is 22.1. The van der Waals surface area contributed by atoms with Crippen LogP contribution in [0.5, 0.6) is 11.5 Å². The number of nitrogens with one attached hydrogen (secondary N) is 1. The van der Waals surface area contributed by atoms with E-state index in [4.69, 9.17) is 9.47 Å². The van der Waals surface area contributed by atoms with Gasteiger partial charge in [-0.1, -0.05) is 42.2 Å². The first-order valence-corrected chi connectivity index (χ1v) is 10.6. The lowest BCUT2D eigenvalue weighted by molar-refractivity contribution is -0.378. The zero-order valence-corrected chi connectivity index (χ0v) is 18.4. The van der Waals surface area contributed by atoms with Crippen molar-refractivity contribution >= 4 is 17.4 Å². The predicted octanol–water partition coefficient (Wildman–Crippen LogP) is 2.33. The van der Waals surface area contributed by atoms with Crippen LogP contribution in [-0.2, 0) is 16.1 Å². The molecule has 1 aromatic heterocycles. The summed E-state index contributed by atoms with van der Waals surface area (Å²) in [7, 11) is 1.52. The molecule has 2 aromatic carbocycles. The highest BCUT2D eigenvalue weighted by atomic mass is 16.5. The van der Waals surface area contributed by atoms with E-state index in [-0.39, 0.29) is 12.1 Å². The van der Waals surface area contributed by atoms with Gasteiger partial charge in [0.2, 0.25) is 5.78 Å². The van der Waals surface area contributed by atoms with E-state index in [9.17, 15) is 14.7 Å². The fourth-order valence-corrected chi connectivity index (χ4v) is 3.98.